The van der Waals surface area contributed by atoms with Crippen LogP contribution in [0.5, 0.6) is 0 Å². The van der Waals surface area contributed by atoms with Crippen molar-refractivity contribution in [2.45, 2.75) is 13.5 Å². The van der Waals surface area contributed by atoms with Crippen LogP contribution in [-0.2, 0) is 11.3 Å². The van der Waals surface area contributed by atoms with E-state index in [1.807, 2.05) is 91.9 Å². The molecule has 30 heavy (non-hydrogen) atoms. The van der Waals surface area contributed by atoms with Gasteiger partial charge in [0.05, 0.1) is 6.54 Å². The van der Waals surface area contributed by atoms with Gasteiger partial charge in [0.25, 0.3) is 0 Å². The standard InChI is InChI=1S/C25H25N3O2/c1-20-12-14-23(15-13-20)27-17-16-26(25(27)30)19-24(29)28(22-10-6-3-7-11-22)18-21-8-4-2-5-9-21/h2-15H,16-19H2,1H3. The van der Waals surface area contributed by atoms with E-state index >= 15 is 0 Å². The SMILES string of the molecule is Cc1ccc(N2CCN(CC(=O)N(Cc3ccccc3)c3ccccc3)C2=O)cc1. The van der Waals surface area contributed by atoms with Crippen LogP contribution < -0.4 is 9.80 Å². The number of para-hydroxylation sites is 1. The van der Waals surface area contributed by atoms with E-state index in [0.717, 1.165) is 22.5 Å². The largest absolute Gasteiger partial charge is 0.325 e. The molecule has 1 aliphatic heterocycles. The molecule has 0 bridgehead atoms. The van der Waals surface area contributed by atoms with Crippen molar-refractivity contribution in [3.8, 4) is 0 Å². The van der Waals surface area contributed by atoms with Gasteiger partial charge in [-0.1, -0.05) is 66.2 Å². The lowest BCUT2D eigenvalue weighted by atomic mass is 10.2. The van der Waals surface area contributed by atoms with E-state index in [4.69, 9.17) is 0 Å². The highest BCUT2D eigenvalue weighted by Crippen LogP contribution is 2.22. The number of benzene rings is 3. The van der Waals surface area contributed by atoms with Gasteiger partial charge in [0.1, 0.15) is 6.54 Å². The molecule has 1 aliphatic rings. The molecule has 152 valence electrons. The topological polar surface area (TPSA) is 43.9 Å². The summed E-state index contributed by atoms with van der Waals surface area (Å²) in [5.41, 5.74) is 3.89. The summed E-state index contributed by atoms with van der Waals surface area (Å²) in [6.45, 7) is 3.66. The molecular weight excluding hydrogens is 374 g/mol. The van der Waals surface area contributed by atoms with Gasteiger partial charge in [-0.15, -0.1) is 0 Å². The number of carbonyl (C=O) groups excluding carboxylic acids is 2. The second kappa shape index (κ2) is 8.82. The highest BCUT2D eigenvalue weighted by atomic mass is 16.2. The first kappa shape index (κ1) is 19.7. The van der Waals surface area contributed by atoms with Gasteiger partial charge in [0.15, 0.2) is 0 Å². The van der Waals surface area contributed by atoms with Crippen molar-refractivity contribution >= 4 is 23.3 Å². The van der Waals surface area contributed by atoms with Crippen LogP contribution in [0.3, 0.4) is 0 Å². The van der Waals surface area contributed by atoms with Crippen LogP contribution in [0.2, 0.25) is 0 Å². The number of anilines is 2. The zero-order valence-corrected chi connectivity index (χ0v) is 17.1. The molecule has 0 atom stereocenters. The molecule has 0 saturated carbocycles. The predicted molar refractivity (Wildman–Crippen MR) is 120 cm³/mol. The first-order valence-electron chi connectivity index (χ1n) is 10.1. The van der Waals surface area contributed by atoms with E-state index in [9.17, 15) is 9.59 Å². The van der Waals surface area contributed by atoms with Gasteiger partial charge in [-0.3, -0.25) is 9.69 Å². The summed E-state index contributed by atoms with van der Waals surface area (Å²) in [6, 6.07) is 27.3. The van der Waals surface area contributed by atoms with Gasteiger partial charge in [0, 0.05) is 24.5 Å². The molecule has 3 amide bonds. The monoisotopic (exact) mass is 399 g/mol. The molecule has 0 aromatic heterocycles. The van der Waals surface area contributed by atoms with Crippen LogP contribution in [0.1, 0.15) is 11.1 Å². The lowest BCUT2D eigenvalue weighted by Gasteiger charge is -2.26. The highest BCUT2D eigenvalue weighted by molar-refractivity contribution is 6.00. The van der Waals surface area contributed by atoms with Crippen LogP contribution >= 0.6 is 0 Å². The van der Waals surface area contributed by atoms with E-state index in [2.05, 4.69) is 0 Å². The molecule has 1 fully saturated rings. The van der Waals surface area contributed by atoms with Crippen molar-refractivity contribution in [2.75, 3.05) is 29.4 Å². The lowest BCUT2D eigenvalue weighted by Crippen LogP contribution is -2.42. The van der Waals surface area contributed by atoms with Crippen molar-refractivity contribution in [3.63, 3.8) is 0 Å². The quantitative estimate of drug-likeness (QED) is 0.614. The summed E-state index contributed by atoms with van der Waals surface area (Å²) >= 11 is 0. The van der Waals surface area contributed by atoms with Crippen molar-refractivity contribution < 1.29 is 9.59 Å². The van der Waals surface area contributed by atoms with Crippen molar-refractivity contribution in [1.82, 2.24) is 4.90 Å². The van der Waals surface area contributed by atoms with Crippen molar-refractivity contribution in [2.24, 2.45) is 0 Å². The fourth-order valence-corrected chi connectivity index (χ4v) is 3.64. The second-order valence-electron chi connectivity index (χ2n) is 7.49. The number of nitrogens with zero attached hydrogens (tertiary/aromatic N) is 3. The molecule has 4 rings (SSSR count). The predicted octanol–water partition coefficient (Wildman–Crippen LogP) is 4.47. The Morgan fingerprint density at radius 1 is 0.867 bits per heavy atom. The molecule has 0 N–H and O–H groups in total. The summed E-state index contributed by atoms with van der Waals surface area (Å²) < 4.78 is 0. The maximum absolute atomic E-state index is 13.3. The number of hydrogen-bond acceptors (Lipinski definition) is 2. The van der Waals surface area contributed by atoms with Crippen LogP contribution in [0, 0.1) is 6.92 Å². The highest BCUT2D eigenvalue weighted by Gasteiger charge is 2.32. The average Bonchev–Trinajstić information content (AvgIpc) is 3.14. The number of rotatable bonds is 6. The number of hydrogen-bond donors (Lipinski definition) is 0. The van der Waals surface area contributed by atoms with Crippen molar-refractivity contribution in [3.05, 3.63) is 96.1 Å². The fourth-order valence-electron chi connectivity index (χ4n) is 3.64. The zero-order chi connectivity index (χ0) is 20.9. The Morgan fingerprint density at radius 2 is 1.50 bits per heavy atom. The van der Waals surface area contributed by atoms with Crippen LogP contribution in [0.25, 0.3) is 0 Å². The first-order valence-corrected chi connectivity index (χ1v) is 10.1. The van der Waals surface area contributed by atoms with Gasteiger partial charge in [-0.05, 0) is 36.8 Å². The maximum Gasteiger partial charge on any atom is 0.325 e. The minimum Gasteiger partial charge on any atom is -0.313 e. The van der Waals surface area contributed by atoms with E-state index in [0.29, 0.717) is 19.6 Å². The summed E-state index contributed by atoms with van der Waals surface area (Å²) in [6.07, 6.45) is 0. The summed E-state index contributed by atoms with van der Waals surface area (Å²) in [7, 11) is 0. The smallest absolute Gasteiger partial charge is 0.313 e. The first-order chi connectivity index (χ1) is 14.6. The van der Waals surface area contributed by atoms with Gasteiger partial charge in [-0.25, -0.2) is 4.79 Å². The number of urea groups is 1. The van der Waals surface area contributed by atoms with E-state index in [1.165, 1.54) is 0 Å². The molecule has 3 aromatic carbocycles. The van der Waals surface area contributed by atoms with Gasteiger partial charge < -0.3 is 9.80 Å². The molecule has 1 saturated heterocycles. The minimum atomic E-state index is -0.125. The zero-order valence-electron chi connectivity index (χ0n) is 17.1. The lowest BCUT2D eigenvalue weighted by molar-refractivity contribution is -0.119. The minimum absolute atomic E-state index is 0.0585. The summed E-state index contributed by atoms with van der Waals surface area (Å²) in [5, 5.41) is 0. The van der Waals surface area contributed by atoms with Gasteiger partial charge in [-0.2, -0.15) is 0 Å². The van der Waals surface area contributed by atoms with E-state index in [1.54, 1.807) is 14.7 Å². The molecule has 5 nitrogen and oxygen atoms in total. The Balaban J connectivity index is 1.49. The average molecular weight is 399 g/mol. The molecular formula is C25H25N3O2. The molecule has 0 aliphatic carbocycles. The number of carbonyl (C=O) groups is 2. The van der Waals surface area contributed by atoms with Crippen LogP contribution in [0.15, 0.2) is 84.9 Å². The summed E-state index contributed by atoms with van der Waals surface area (Å²) in [5.74, 6) is -0.0934. The number of aryl methyl sites for hydroxylation is 1. The molecule has 0 unspecified atom stereocenters. The van der Waals surface area contributed by atoms with Gasteiger partial charge >= 0.3 is 6.03 Å². The molecule has 5 heteroatoms. The third-order valence-electron chi connectivity index (χ3n) is 5.32. The van der Waals surface area contributed by atoms with Crippen molar-refractivity contribution in [1.29, 1.82) is 0 Å². The molecule has 0 spiro atoms. The number of amides is 3. The van der Waals surface area contributed by atoms with Crippen LogP contribution in [-0.4, -0.2) is 36.5 Å². The second-order valence-corrected chi connectivity index (χ2v) is 7.49. The Bertz CT molecular complexity index is 1000. The third-order valence-corrected chi connectivity index (χ3v) is 5.32. The van der Waals surface area contributed by atoms with Crippen LogP contribution in [0.4, 0.5) is 16.2 Å². The molecule has 0 radical (unpaired) electrons. The molecule has 1 heterocycles. The van der Waals surface area contributed by atoms with Gasteiger partial charge in [0.2, 0.25) is 5.91 Å². The molecule has 3 aromatic rings. The Morgan fingerprint density at radius 3 is 2.17 bits per heavy atom. The summed E-state index contributed by atoms with van der Waals surface area (Å²) in [4.78, 5) is 31.3. The Labute approximate surface area is 177 Å². The fraction of sp³-hybridized carbons (Fsp3) is 0.200. The maximum atomic E-state index is 13.3. The Hall–Kier alpha value is -3.60. The third kappa shape index (κ3) is 4.35. The normalized spacial score (nSPS) is 13.6. The van der Waals surface area contributed by atoms with E-state index in [-0.39, 0.29) is 18.5 Å². The Kier molecular flexibility index (Phi) is 5.80. The van der Waals surface area contributed by atoms with E-state index < -0.39 is 0 Å².